The number of carbonyl (C=O) groups is 3. The summed E-state index contributed by atoms with van der Waals surface area (Å²) in [5.41, 5.74) is 2.72. The molecule has 1 atom stereocenters. The Balaban J connectivity index is 1.55. The van der Waals surface area contributed by atoms with E-state index < -0.39 is 5.97 Å². The van der Waals surface area contributed by atoms with Gasteiger partial charge in [-0.2, -0.15) is 0 Å². The molecule has 7 nitrogen and oxygen atoms in total. The zero-order chi connectivity index (χ0) is 21.0. The van der Waals surface area contributed by atoms with Crippen LogP contribution in [0, 0.1) is 0 Å². The minimum atomic E-state index is -0.477. The van der Waals surface area contributed by atoms with Crippen molar-refractivity contribution in [2.45, 2.75) is 25.7 Å². The van der Waals surface area contributed by atoms with Crippen LogP contribution in [0.25, 0.3) is 0 Å². The van der Waals surface area contributed by atoms with Crippen LogP contribution in [0.2, 0.25) is 0 Å². The van der Waals surface area contributed by atoms with Crippen molar-refractivity contribution in [2.24, 2.45) is 0 Å². The van der Waals surface area contributed by atoms with Gasteiger partial charge in [0.25, 0.3) is 0 Å². The van der Waals surface area contributed by atoms with Gasteiger partial charge in [0, 0.05) is 17.7 Å². The first kappa shape index (κ1) is 20.4. The molecule has 7 heteroatoms. The van der Waals surface area contributed by atoms with Crippen LogP contribution in [0.4, 0.5) is 5.69 Å². The number of aryl methyl sites for hydroxylation is 1. The van der Waals surface area contributed by atoms with Gasteiger partial charge in [0.2, 0.25) is 5.91 Å². The highest BCUT2D eigenvalue weighted by Crippen LogP contribution is 2.33. The standard InChI is InChI=1S/C22H23NO6/c1-13-16-11-15(7-9-17(16)23-22(13)26)18(24)12-29-20(25)10-8-14-5-4-6-19(27-2)21(14)28-3/h4-7,9,11,13H,8,10,12H2,1-3H3,(H,23,26)/t13-/m0/s1. The number of anilines is 1. The number of hydrogen-bond acceptors (Lipinski definition) is 6. The number of para-hydroxylation sites is 1. The van der Waals surface area contributed by atoms with Gasteiger partial charge in [-0.3, -0.25) is 14.4 Å². The molecule has 0 fully saturated rings. The van der Waals surface area contributed by atoms with Crippen LogP contribution in [0.3, 0.4) is 0 Å². The van der Waals surface area contributed by atoms with Crippen molar-refractivity contribution in [3.63, 3.8) is 0 Å². The number of hydrogen-bond donors (Lipinski definition) is 1. The van der Waals surface area contributed by atoms with E-state index in [-0.39, 0.29) is 30.6 Å². The highest BCUT2D eigenvalue weighted by molar-refractivity contribution is 6.05. The van der Waals surface area contributed by atoms with Crippen molar-refractivity contribution < 1.29 is 28.6 Å². The molecule has 3 rings (SSSR count). The summed E-state index contributed by atoms with van der Waals surface area (Å²) in [6.45, 7) is 1.44. The summed E-state index contributed by atoms with van der Waals surface area (Å²) in [5, 5.41) is 2.76. The fourth-order valence-electron chi connectivity index (χ4n) is 3.28. The van der Waals surface area contributed by atoms with Gasteiger partial charge in [-0.25, -0.2) is 0 Å². The van der Waals surface area contributed by atoms with E-state index in [0.29, 0.717) is 29.2 Å². The second-order valence-corrected chi connectivity index (χ2v) is 6.75. The number of esters is 1. The molecule has 29 heavy (non-hydrogen) atoms. The quantitative estimate of drug-likeness (QED) is 0.544. The Morgan fingerprint density at radius 1 is 1.10 bits per heavy atom. The number of ether oxygens (including phenoxy) is 3. The van der Waals surface area contributed by atoms with E-state index in [2.05, 4.69) is 5.32 Å². The first-order valence-electron chi connectivity index (χ1n) is 9.28. The lowest BCUT2D eigenvalue weighted by Crippen LogP contribution is -2.15. The zero-order valence-corrected chi connectivity index (χ0v) is 16.6. The second kappa shape index (κ2) is 8.77. The van der Waals surface area contributed by atoms with Gasteiger partial charge in [-0.1, -0.05) is 12.1 Å². The molecule has 0 radical (unpaired) electrons. The predicted octanol–water partition coefficient (Wildman–Crippen LogP) is 3.12. The van der Waals surface area contributed by atoms with Crippen molar-refractivity contribution in [1.29, 1.82) is 0 Å². The van der Waals surface area contributed by atoms with E-state index in [1.54, 1.807) is 45.4 Å². The number of carbonyl (C=O) groups excluding carboxylic acids is 3. The first-order chi connectivity index (χ1) is 13.9. The van der Waals surface area contributed by atoms with Gasteiger partial charge in [0.15, 0.2) is 23.9 Å². The summed E-state index contributed by atoms with van der Waals surface area (Å²) in [6.07, 6.45) is 0.508. The minimum Gasteiger partial charge on any atom is -0.493 e. The molecule has 1 N–H and O–H groups in total. The average Bonchev–Trinajstić information content (AvgIpc) is 3.03. The van der Waals surface area contributed by atoms with Crippen LogP contribution < -0.4 is 14.8 Å². The lowest BCUT2D eigenvalue weighted by Gasteiger charge is -2.12. The molecule has 1 aliphatic heterocycles. The van der Waals surface area contributed by atoms with Crippen LogP contribution >= 0.6 is 0 Å². The van der Waals surface area contributed by atoms with Crippen molar-refractivity contribution in [2.75, 3.05) is 26.1 Å². The monoisotopic (exact) mass is 397 g/mol. The molecule has 0 aromatic heterocycles. The summed E-state index contributed by atoms with van der Waals surface area (Å²) in [6, 6.07) is 10.4. The van der Waals surface area contributed by atoms with Crippen LogP contribution in [-0.2, 0) is 20.7 Å². The lowest BCUT2D eigenvalue weighted by molar-refractivity contribution is -0.142. The molecule has 2 aromatic rings. The minimum absolute atomic E-state index is 0.0935. The number of amides is 1. The van der Waals surface area contributed by atoms with Gasteiger partial charge in [0.1, 0.15) is 0 Å². The summed E-state index contributed by atoms with van der Waals surface area (Å²) >= 11 is 0. The maximum Gasteiger partial charge on any atom is 0.306 e. The van der Waals surface area contributed by atoms with E-state index in [4.69, 9.17) is 14.2 Å². The van der Waals surface area contributed by atoms with E-state index in [0.717, 1.165) is 11.1 Å². The fraction of sp³-hybridized carbons (Fsp3) is 0.318. The van der Waals surface area contributed by atoms with Gasteiger partial charge in [-0.05, 0) is 48.7 Å². The molecule has 1 amide bonds. The predicted molar refractivity (Wildman–Crippen MR) is 107 cm³/mol. The Labute approximate surface area is 169 Å². The largest absolute Gasteiger partial charge is 0.493 e. The third-order valence-corrected chi connectivity index (χ3v) is 4.94. The normalized spacial score (nSPS) is 14.7. The molecule has 0 unspecified atom stereocenters. The number of ketones is 1. The number of Topliss-reactive ketones (excluding diaryl/α,β-unsaturated/α-hetero) is 1. The number of methoxy groups -OCH3 is 2. The summed E-state index contributed by atoms with van der Waals surface area (Å²) in [5.74, 6) is -0.0231. The first-order valence-corrected chi connectivity index (χ1v) is 9.28. The second-order valence-electron chi connectivity index (χ2n) is 6.75. The number of benzene rings is 2. The van der Waals surface area contributed by atoms with Gasteiger partial charge in [0.05, 0.1) is 20.1 Å². The van der Waals surface area contributed by atoms with Crippen LogP contribution in [-0.4, -0.2) is 38.5 Å². The van der Waals surface area contributed by atoms with E-state index in [1.807, 2.05) is 12.1 Å². The maximum absolute atomic E-state index is 12.4. The molecule has 0 saturated heterocycles. The zero-order valence-electron chi connectivity index (χ0n) is 16.6. The third-order valence-electron chi connectivity index (χ3n) is 4.94. The molecular weight excluding hydrogens is 374 g/mol. The molecule has 2 aromatic carbocycles. The Bertz CT molecular complexity index is 952. The highest BCUT2D eigenvalue weighted by atomic mass is 16.5. The smallest absolute Gasteiger partial charge is 0.306 e. The van der Waals surface area contributed by atoms with Gasteiger partial charge >= 0.3 is 5.97 Å². The van der Waals surface area contributed by atoms with Gasteiger partial charge < -0.3 is 19.5 Å². The molecule has 0 bridgehead atoms. The topological polar surface area (TPSA) is 90.9 Å². The molecule has 1 heterocycles. The van der Waals surface area contributed by atoms with E-state index in [9.17, 15) is 14.4 Å². The van der Waals surface area contributed by atoms with Gasteiger partial charge in [-0.15, -0.1) is 0 Å². The van der Waals surface area contributed by atoms with E-state index in [1.165, 1.54) is 0 Å². The Morgan fingerprint density at radius 2 is 1.90 bits per heavy atom. The molecule has 152 valence electrons. The van der Waals surface area contributed by atoms with E-state index >= 15 is 0 Å². The summed E-state index contributed by atoms with van der Waals surface area (Å²) < 4.78 is 15.7. The number of nitrogens with one attached hydrogen (secondary N) is 1. The van der Waals surface area contributed by atoms with Crippen molar-refractivity contribution in [3.05, 3.63) is 53.1 Å². The Kier molecular flexibility index (Phi) is 6.16. The van der Waals surface area contributed by atoms with Crippen molar-refractivity contribution in [3.8, 4) is 11.5 Å². The van der Waals surface area contributed by atoms with Crippen molar-refractivity contribution >= 4 is 23.3 Å². The molecular formula is C22H23NO6. The number of fused-ring (bicyclic) bond motifs is 1. The molecule has 1 aliphatic rings. The molecule has 0 spiro atoms. The average molecular weight is 397 g/mol. The lowest BCUT2D eigenvalue weighted by atomic mass is 9.99. The maximum atomic E-state index is 12.4. The molecule has 0 saturated carbocycles. The SMILES string of the molecule is COc1cccc(CCC(=O)OCC(=O)c2ccc3c(c2)[C@H](C)C(=O)N3)c1OC. The Hall–Kier alpha value is -3.35. The van der Waals surface area contributed by atoms with Crippen LogP contribution in [0.15, 0.2) is 36.4 Å². The fourth-order valence-corrected chi connectivity index (χ4v) is 3.28. The van der Waals surface area contributed by atoms with Crippen molar-refractivity contribution in [1.82, 2.24) is 0 Å². The summed E-state index contributed by atoms with van der Waals surface area (Å²) in [7, 11) is 3.09. The molecule has 0 aliphatic carbocycles. The Morgan fingerprint density at radius 3 is 2.62 bits per heavy atom. The summed E-state index contributed by atoms with van der Waals surface area (Å²) in [4.78, 5) is 36.2. The number of rotatable bonds is 8. The highest BCUT2D eigenvalue weighted by Gasteiger charge is 2.27. The third kappa shape index (κ3) is 4.39. The van der Waals surface area contributed by atoms with Crippen LogP contribution in [0.1, 0.15) is 40.7 Å². The van der Waals surface area contributed by atoms with Crippen LogP contribution in [0.5, 0.6) is 11.5 Å².